The molecule has 0 heterocycles. The molecule has 0 saturated heterocycles. The minimum Gasteiger partial charge on any atom is -0.491 e. The number of amides is 1. The molecule has 0 aliphatic rings. The van der Waals surface area contributed by atoms with Crippen molar-refractivity contribution < 1.29 is 13.9 Å². The van der Waals surface area contributed by atoms with Gasteiger partial charge in [-0.25, -0.2) is 4.39 Å². The number of nitrogens with one attached hydrogen (secondary N) is 1. The van der Waals surface area contributed by atoms with E-state index in [2.05, 4.69) is 5.32 Å². The number of ether oxygens (including phenoxy) is 1. The van der Waals surface area contributed by atoms with Gasteiger partial charge in [-0.2, -0.15) is 0 Å². The first-order chi connectivity index (χ1) is 10.9. The fourth-order valence-corrected chi connectivity index (χ4v) is 2.32. The molecule has 0 radical (unpaired) electrons. The number of hydrogen-bond acceptors (Lipinski definition) is 2. The van der Waals surface area contributed by atoms with Crippen LogP contribution < -0.4 is 10.1 Å². The maximum absolute atomic E-state index is 13.1. The summed E-state index contributed by atoms with van der Waals surface area (Å²) >= 11 is 0. The molecule has 2 rings (SSSR count). The molecule has 2 aromatic carbocycles. The van der Waals surface area contributed by atoms with E-state index in [9.17, 15) is 9.18 Å². The molecule has 1 amide bonds. The Morgan fingerprint density at radius 3 is 2.43 bits per heavy atom. The molecule has 0 aliphatic heterocycles. The Morgan fingerprint density at radius 2 is 1.83 bits per heavy atom. The molecule has 0 aliphatic carbocycles. The molecule has 23 heavy (non-hydrogen) atoms. The van der Waals surface area contributed by atoms with Gasteiger partial charge in [0.2, 0.25) is 5.91 Å². The van der Waals surface area contributed by atoms with Crippen molar-refractivity contribution in [3.63, 3.8) is 0 Å². The van der Waals surface area contributed by atoms with E-state index in [-0.39, 0.29) is 30.3 Å². The fraction of sp³-hybridized carbons (Fsp3) is 0.316. The quantitative estimate of drug-likeness (QED) is 0.874. The summed E-state index contributed by atoms with van der Waals surface area (Å²) in [5.74, 6) is 0.344. The predicted octanol–water partition coefficient (Wildman–Crippen LogP) is 4.03. The van der Waals surface area contributed by atoms with Gasteiger partial charge in [-0.3, -0.25) is 4.79 Å². The van der Waals surface area contributed by atoms with Gasteiger partial charge in [0.15, 0.2) is 0 Å². The number of halogens is 1. The second kappa shape index (κ2) is 7.77. The molecule has 2 aromatic rings. The standard InChI is InChI=1S/C19H22FNO2/c1-13(2)23-18-9-7-16(8-10-18)14(3)21-19(22)12-15-5-4-6-17(20)11-15/h4-11,13-14H,12H2,1-3H3,(H,21,22). The molecule has 0 saturated carbocycles. The third kappa shape index (κ3) is 5.40. The van der Waals surface area contributed by atoms with Crippen LogP contribution in [-0.2, 0) is 11.2 Å². The lowest BCUT2D eigenvalue weighted by Gasteiger charge is -2.16. The molecule has 4 heteroatoms. The predicted molar refractivity (Wildman–Crippen MR) is 88.9 cm³/mol. The van der Waals surface area contributed by atoms with Gasteiger partial charge >= 0.3 is 0 Å². The van der Waals surface area contributed by atoms with Crippen LogP contribution in [0.3, 0.4) is 0 Å². The molecular weight excluding hydrogens is 293 g/mol. The van der Waals surface area contributed by atoms with Crippen molar-refractivity contribution in [1.29, 1.82) is 0 Å². The molecule has 0 spiro atoms. The highest BCUT2D eigenvalue weighted by Crippen LogP contribution is 2.18. The molecule has 1 atom stereocenters. The second-order valence-electron chi connectivity index (χ2n) is 5.83. The number of hydrogen-bond donors (Lipinski definition) is 1. The van der Waals surface area contributed by atoms with Crippen LogP contribution in [0.15, 0.2) is 48.5 Å². The van der Waals surface area contributed by atoms with Crippen LogP contribution in [0.2, 0.25) is 0 Å². The molecule has 1 unspecified atom stereocenters. The Labute approximate surface area is 136 Å². The van der Waals surface area contributed by atoms with Gasteiger partial charge in [-0.1, -0.05) is 24.3 Å². The summed E-state index contributed by atoms with van der Waals surface area (Å²) in [7, 11) is 0. The van der Waals surface area contributed by atoms with E-state index < -0.39 is 0 Å². The molecule has 3 nitrogen and oxygen atoms in total. The average Bonchev–Trinajstić information content (AvgIpc) is 2.47. The highest BCUT2D eigenvalue weighted by molar-refractivity contribution is 5.79. The first-order valence-corrected chi connectivity index (χ1v) is 7.74. The minimum absolute atomic E-state index is 0.121. The van der Waals surface area contributed by atoms with Crippen LogP contribution in [-0.4, -0.2) is 12.0 Å². The molecule has 0 fully saturated rings. The van der Waals surface area contributed by atoms with Gasteiger partial charge < -0.3 is 10.1 Å². The van der Waals surface area contributed by atoms with Crippen LogP contribution in [0.25, 0.3) is 0 Å². The maximum Gasteiger partial charge on any atom is 0.224 e. The smallest absolute Gasteiger partial charge is 0.224 e. The summed E-state index contributed by atoms with van der Waals surface area (Å²) in [6.07, 6.45) is 0.292. The van der Waals surface area contributed by atoms with E-state index in [0.717, 1.165) is 11.3 Å². The summed E-state index contributed by atoms with van der Waals surface area (Å²) in [6.45, 7) is 5.87. The largest absolute Gasteiger partial charge is 0.491 e. The highest BCUT2D eigenvalue weighted by Gasteiger charge is 2.11. The zero-order valence-electron chi connectivity index (χ0n) is 13.7. The normalized spacial score (nSPS) is 12.0. The lowest BCUT2D eigenvalue weighted by molar-refractivity contribution is -0.121. The Balaban J connectivity index is 1.92. The minimum atomic E-state index is -0.330. The summed E-state index contributed by atoms with van der Waals surface area (Å²) in [6, 6.07) is 13.6. The number of benzene rings is 2. The molecular formula is C19H22FNO2. The van der Waals surface area contributed by atoms with E-state index in [1.165, 1.54) is 12.1 Å². The van der Waals surface area contributed by atoms with Crippen LogP contribution in [0.5, 0.6) is 5.75 Å². The van der Waals surface area contributed by atoms with Crippen LogP contribution >= 0.6 is 0 Å². The van der Waals surface area contributed by atoms with Gasteiger partial charge in [0.25, 0.3) is 0 Å². The van der Waals surface area contributed by atoms with Gasteiger partial charge in [0, 0.05) is 0 Å². The lowest BCUT2D eigenvalue weighted by Crippen LogP contribution is -2.28. The van der Waals surface area contributed by atoms with Crippen LogP contribution in [0.1, 0.15) is 37.9 Å². The zero-order valence-corrected chi connectivity index (χ0v) is 13.7. The maximum atomic E-state index is 13.1. The summed E-state index contributed by atoms with van der Waals surface area (Å²) in [5, 5.41) is 2.92. The number of carbonyl (C=O) groups is 1. The van der Waals surface area contributed by atoms with Gasteiger partial charge in [-0.15, -0.1) is 0 Å². The zero-order chi connectivity index (χ0) is 16.8. The van der Waals surface area contributed by atoms with Crippen molar-refractivity contribution in [2.24, 2.45) is 0 Å². The van der Waals surface area contributed by atoms with Gasteiger partial charge in [-0.05, 0) is 56.2 Å². The highest BCUT2D eigenvalue weighted by atomic mass is 19.1. The second-order valence-corrected chi connectivity index (χ2v) is 5.83. The number of carbonyl (C=O) groups excluding carboxylic acids is 1. The Hall–Kier alpha value is -2.36. The van der Waals surface area contributed by atoms with Crippen molar-refractivity contribution in [2.75, 3.05) is 0 Å². The topological polar surface area (TPSA) is 38.3 Å². The van der Waals surface area contributed by atoms with Crippen molar-refractivity contribution in [3.8, 4) is 5.75 Å². The van der Waals surface area contributed by atoms with Crippen LogP contribution in [0.4, 0.5) is 4.39 Å². The van der Waals surface area contributed by atoms with Crippen molar-refractivity contribution in [2.45, 2.75) is 39.3 Å². The Kier molecular flexibility index (Phi) is 5.74. The van der Waals surface area contributed by atoms with E-state index in [4.69, 9.17) is 4.74 Å². The van der Waals surface area contributed by atoms with Gasteiger partial charge in [0.05, 0.1) is 18.6 Å². The van der Waals surface area contributed by atoms with E-state index in [0.29, 0.717) is 5.56 Å². The third-order valence-corrected chi connectivity index (χ3v) is 3.38. The van der Waals surface area contributed by atoms with E-state index in [1.807, 2.05) is 45.0 Å². The number of rotatable bonds is 6. The summed E-state index contributed by atoms with van der Waals surface area (Å²) in [4.78, 5) is 12.1. The van der Waals surface area contributed by atoms with Crippen LogP contribution in [0, 0.1) is 5.82 Å². The summed E-state index contributed by atoms with van der Waals surface area (Å²) in [5.41, 5.74) is 1.66. The Morgan fingerprint density at radius 1 is 1.13 bits per heavy atom. The lowest BCUT2D eigenvalue weighted by atomic mass is 10.1. The molecule has 0 bridgehead atoms. The monoisotopic (exact) mass is 315 g/mol. The van der Waals surface area contributed by atoms with E-state index in [1.54, 1.807) is 12.1 Å². The Bertz CT molecular complexity index is 653. The van der Waals surface area contributed by atoms with E-state index >= 15 is 0 Å². The third-order valence-electron chi connectivity index (χ3n) is 3.38. The average molecular weight is 315 g/mol. The molecule has 1 N–H and O–H groups in total. The van der Waals surface area contributed by atoms with Crippen molar-refractivity contribution >= 4 is 5.91 Å². The first kappa shape index (κ1) is 17.0. The first-order valence-electron chi connectivity index (χ1n) is 7.74. The van der Waals surface area contributed by atoms with Gasteiger partial charge in [0.1, 0.15) is 11.6 Å². The molecule has 0 aromatic heterocycles. The molecule has 122 valence electrons. The summed E-state index contributed by atoms with van der Waals surface area (Å²) < 4.78 is 18.7. The van der Waals surface area contributed by atoms with Crippen molar-refractivity contribution in [1.82, 2.24) is 5.32 Å². The fourth-order valence-electron chi connectivity index (χ4n) is 2.32. The van der Waals surface area contributed by atoms with Crippen molar-refractivity contribution in [3.05, 3.63) is 65.5 Å². The SMILES string of the molecule is CC(C)Oc1ccc(C(C)NC(=O)Cc2cccc(F)c2)cc1.